The number of carbonyl (C=O) groups excluding carboxylic acids is 2. The van der Waals surface area contributed by atoms with Gasteiger partial charge >= 0.3 is 0 Å². The van der Waals surface area contributed by atoms with Crippen molar-refractivity contribution in [2.75, 3.05) is 0 Å². The Morgan fingerprint density at radius 3 is 2.00 bits per heavy atom. The van der Waals surface area contributed by atoms with Crippen LogP contribution < -0.4 is 5.73 Å². The summed E-state index contributed by atoms with van der Waals surface area (Å²) in [5.74, 6) is -1.42. The number of amides is 2. The highest BCUT2D eigenvalue weighted by Crippen LogP contribution is 2.32. The molecule has 2 amide bonds. The van der Waals surface area contributed by atoms with Crippen molar-refractivity contribution >= 4 is 11.8 Å². The quantitative estimate of drug-likeness (QED) is 0.699. The van der Waals surface area contributed by atoms with E-state index in [1.54, 1.807) is 73.7 Å². The molecule has 0 heterocycles. The molecule has 0 spiro atoms. The summed E-state index contributed by atoms with van der Waals surface area (Å²) in [6.45, 7) is 1.76. The van der Waals surface area contributed by atoms with Gasteiger partial charge in [0.2, 0.25) is 5.91 Å². The highest BCUT2D eigenvalue weighted by Gasteiger charge is 2.34. The monoisotopic (exact) mass is 376 g/mol. The van der Waals surface area contributed by atoms with Crippen molar-refractivity contribution in [2.24, 2.45) is 5.73 Å². The average Bonchev–Trinajstić information content (AvgIpc) is 2.72. The van der Waals surface area contributed by atoms with Crippen molar-refractivity contribution in [1.29, 1.82) is 0 Å². The molecule has 5 heteroatoms. The first-order valence-electron chi connectivity index (χ1n) is 8.96. The van der Waals surface area contributed by atoms with E-state index in [4.69, 9.17) is 5.73 Å². The molecule has 0 bridgehead atoms. The molecule has 0 aromatic heterocycles. The van der Waals surface area contributed by atoms with Crippen LogP contribution >= 0.6 is 0 Å². The van der Waals surface area contributed by atoms with E-state index < -0.39 is 23.8 Å². The Kier molecular flexibility index (Phi) is 5.84. The summed E-state index contributed by atoms with van der Waals surface area (Å²) in [6.07, 6.45) is 0. The normalized spacial score (nSPS) is 12.8. The average molecular weight is 376 g/mol. The lowest BCUT2D eigenvalue weighted by Gasteiger charge is -2.35. The van der Waals surface area contributed by atoms with Crippen LogP contribution in [0.25, 0.3) is 0 Å². The molecule has 0 aliphatic rings. The molecule has 3 rings (SSSR count). The van der Waals surface area contributed by atoms with Gasteiger partial charge in [-0.25, -0.2) is 4.39 Å². The van der Waals surface area contributed by atoms with Crippen LogP contribution in [0.15, 0.2) is 84.9 Å². The summed E-state index contributed by atoms with van der Waals surface area (Å²) in [5, 5.41) is 0. The van der Waals surface area contributed by atoms with Gasteiger partial charge in [0.25, 0.3) is 5.91 Å². The Hall–Kier alpha value is -3.47. The van der Waals surface area contributed by atoms with Crippen molar-refractivity contribution in [1.82, 2.24) is 4.90 Å². The molecule has 3 aromatic rings. The smallest absolute Gasteiger partial charge is 0.255 e. The van der Waals surface area contributed by atoms with E-state index in [9.17, 15) is 14.0 Å². The van der Waals surface area contributed by atoms with Crippen LogP contribution in [0.1, 0.15) is 40.5 Å². The predicted molar refractivity (Wildman–Crippen MR) is 106 cm³/mol. The van der Waals surface area contributed by atoms with Gasteiger partial charge in [-0.1, -0.05) is 60.7 Å². The van der Waals surface area contributed by atoms with Gasteiger partial charge in [-0.2, -0.15) is 0 Å². The molecule has 142 valence electrons. The van der Waals surface area contributed by atoms with Crippen LogP contribution in [0.5, 0.6) is 0 Å². The third-order valence-corrected chi connectivity index (χ3v) is 4.67. The second-order valence-corrected chi connectivity index (χ2v) is 6.53. The van der Waals surface area contributed by atoms with Crippen LogP contribution in [0.2, 0.25) is 0 Å². The zero-order chi connectivity index (χ0) is 20.1. The van der Waals surface area contributed by atoms with Crippen molar-refractivity contribution in [3.8, 4) is 0 Å². The van der Waals surface area contributed by atoms with Crippen LogP contribution in [0, 0.1) is 5.82 Å². The number of hydrogen-bond donors (Lipinski definition) is 1. The number of nitrogens with two attached hydrogens (primary N) is 1. The molecule has 3 aromatic carbocycles. The Morgan fingerprint density at radius 2 is 1.43 bits per heavy atom. The van der Waals surface area contributed by atoms with Gasteiger partial charge in [-0.15, -0.1) is 0 Å². The van der Waals surface area contributed by atoms with Crippen molar-refractivity contribution in [2.45, 2.75) is 19.0 Å². The van der Waals surface area contributed by atoms with E-state index in [0.29, 0.717) is 16.7 Å². The number of carbonyl (C=O) groups is 2. The fraction of sp³-hybridized carbons (Fsp3) is 0.130. The molecule has 0 fully saturated rings. The van der Waals surface area contributed by atoms with E-state index in [1.807, 2.05) is 6.07 Å². The van der Waals surface area contributed by atoms with Crippen LogP contribution in [0.3, 0.4) is 0 Å². The topological polar surface area (TPSA) is 63.4 Å². The van der Waals surface area contributed by atoms with Gasteiger partial charge in [0.05, 0.1) is 6.04 Å². The van der Waals surface area contributed by atoms with Gasteiger partial charge in [-0.3, -0.25) is 9.59 Å². The summed E-state index contributed by atoms with van der Waals surface area (Å²) in [4.78, 5) is 27.2. The lowest BCUT2D eigenvalue weighted by atomic mass is 9.98. The largest absolute Gasteiger partial charge is 0.368 e. The Morgan fingerprint density at radius 1 is 0.857 bits per heavy atom. The maximum absolute atomic E-state index is 13.8. The lowest BCUT2D eigenvalue weighted by Crippen LogP contribution is -2.43. The zero-order valence-corrected chi connectivity index (χ0v) is 15.5. The molecule has 2 N–H and O–H groups in total. The molecular weight excluding hydrogens is 355 g/mol. The van der Waals surface area contributed by atoms with E-state index in [1.165, 1.54) is 17.0 Å². The summed E-state index contributed by atoms with van der Waals surface area (Å²) in [6, 6.07) is 22.0. The molecule has 28 heavy (non-hydrogen) atoms. The molecule has 0 aliphatic heterocycles. The molecule has 0 aliphatic carbocycles. The molecule has 0 radical (unpaired) electrons. The van der Waals surface area contributed by atoms with Crippen molar-refractivity contribution < 1.29 is 14.0 Å². The maximum Gasteiger partial charge on any atom is 0.255 e. The molecule has 0 unspecified atom stereocenters. The summed E-state index contributed by atoms with van der Waals surface area (Å²) in [7, 11) is 0. The number of primary amides is 1. The summed E-state index contributed by atoms with van der Waals surface area (Å²) < 4.78 is 13.8. The number of nitrogens with zero attached hydrogens (tertiary/aromatic N) is 1. The summed E-state index contributed by atoms with van der Waals surface area (Å²) >= 11 is 0. The van der Waals surface area contributed by atoms with Gasteiger partial charge < -0.3 is 10.6 Å². The molecule has 0 saturated carbocycles. The van der Waals surface area contributed by atoms with Gasteiger partial charge in [-0.05, 0) is 42.3 Å². The molecule has 2 atom stereocenters. The Labute approximate surface area is 163 Å². The number of benzene rings is 3. The minimum Gasteiger partial charge on any atom is -0.368 e. The fourth-order valence-electron chi connectivity index (χ4n) is 3.27. The minimum atomic E-state index is -0.993. The Bertz CT molecular complexity index is 961. The minimum absolute atomic E-state index is 0.356. The van der Waals surface area contributed by atoms with Crippen molar-refractivity contribution in [3.05, 3.63) is 107 Å². The maximum atomic E-state index is 13.8. The highest BCUT2D eigenvalue weighted by molar-refractivity contribution is 5.98. The van der Waals surface area contributed by atoms with Crippen LogP contribution in [-0.4, -0.2) is 16.7 Å². The van der Waals surface area contributed by atoms with Crippen LogP contribution in [-0.2, 0) is 4.79 Å². The van der Waals surface area contributed by atoms with Crippen LogP contribution in [0.4, 0.5) is 4.39 Å². The lowest BCUT2D eigenvalue weighted by molar-refractivity contribution is -0.123. The fourth-order valence-corrected chi connectivity index (χ4v) is 3.27. The first kappa shape index (κ1) is 19.3. The van der Waals surface area contributed by atoms with E-state index in [0.717, 1.165) is 0 Å². The predicted octanol–water partition coefficient (Wildman–Crippen LogP) is 4.26. The Balaban J connectivity index is 2.12. The third-order valence-electron chi connectivity index (χ3n) is 4.67. The van der Waals surface area contributed by atoms with Gasteiger partial charge in [0, 0.05) is 5.56 Å². The zero-order valence-electron chi connectivity index (χ0n) is 15.5. The first-order chi connectivity index (χ1) is 13.5. The summed E-state index contributed by atoms with van der Waals surface area (Å²) in [5.41, 5.74) is 7.32. The number of rotatable bonds is 6. The van der Waals surface area contributed by atoms with Crippen molar-refractivity contribution in [3.63, 3.8) is 0 Å². The number of hydrogen-bond acceptors (Lipinski definition) is 2. The second kappa shape index (κ2) is 8.48. The third kappa shape index (κ3) is 4.09. The van der Waals surface area contributed by atoms with E-state index >= 15 is 0 Å². The standard InChI is InChI=1S/C23H21FN2O2/c1-16(19-13-8-14-20(24)15-19)26(23(28)18-11-6-3-7-12-18)21(22(25)27)17-9-4-2-5-10-17/h2-16,21H,1H3,(H2,25,27)/t16-,21-/m1/s1. The second-order valence-electron chi connectivity index (χ2n) is 6.53. The van der Waals surface area contributed by atoms with Gasteiger partial charge in [0.15, 0.2) is 0 Å². The SMILES string of the molecule is C[C@H](c1cccc(F)c1)N(C(=O)c1ccccc1)[C@@H](C(N)=O)c1ccccc1. The number of halogens is 1. The van der Waals surface area contributed by atoms with E-state index in [-0.39, 0.29) is 5.91 Å². The molecule has 0 saturated heterocycles. The highest BCUT2D eigenvalue weighted by atomic mass is 19.1. The van der Waals surface area contributed by atoms with E-state index in [2.05, 4.69) is 0 Å². The molecular formula is C23H21FN2O2. The van der Waals surface area contributed by atoms with Gasteiger partial charge in [0.1, 0.15) is 11.9 Å². The molecule has 4 nitrogen and oxygen atoms in total. The first-order valence-corrected chi connectivity index (χ1v) is 8.96.